The van der Waals surface area contributed by atoms with Gasteiger partial charge in [-0.2, -0.15) is 0 Å². The van der Waals surface area contributed by atoms with Crippen LogP contribution in [0.15, 0.2) is 21.8 Å². The molecule has 0 spiro atoms. The second kappa shape index (κ2) is 9.22. The SMILES string of the molecule is CCO/N=C(/C(=O)NC1C(=O)N2C(C(=O)O)=C(COC(N)=O)CSC12)c1csc(N)n1. The number of carboxylic acids is 1. The van der Waals surface area contributed by atoms with Crippen molar-refractivity contribution in [2.75, 3.05) is 24.7 Å². The van der Waals surface area contributed by atoms with Crippen LogP contribution >= 0.6 is 23.1 Å². The minimum atomic E-state index is -1.36. The molecule has 1 aromatic rings. The van der Waals surface area contributed by atoms with E-state index in [0.717, 1.165) is 16.2 Å². The Morgan fingerprint density at radius 2 is 2.19 bits per heavy atom. The lowest BCUT2D eigenvalue weighted by molar-refractivity contribution is -0.150. The molecule has 0 bridgehead atoms. The molecule has 2 unspecified atom stereocenters. The first-order valence-electron chi connectivity index (χ1n) is 8.79. The normalized spacial score (nSPS) is 20.6. The van der Waals surface area contributed by atoms with E-state index in [1.165, 1.54) is 17.1 Å². The molecule has 6 N–H and O–H groups in total. The Bertz CT molecular complexity index is 991. The number of thiazole rings is 1. The summed E-state index contributed by atoms with van der Waals surface area (Å²) in [6, 6.07) is -0.992. The number of nitrogens with zero attached hydrogens (tertiary/aromatic N) is 3. The molecule has 2 aliphatic rings. The minimum absolute atomic E-state index is 0.161. The van der Waals surface area contributed by atoms with Gasteiger partial charge < -0.3 is 31.5 Å². The zero-order chi connectivity index (χ0) is 22.7. The molecule has 1 saturated heterocycles. The first kappa shape index (κ1) is 22.4. The van der Waals surface area contributed by atoms with E-state index in [-0.39, 0.29) is 46.8 Å². The van der Waals surface area contributed by atoms with E-state index in [1.54, 1.807) is 6.92 Å². The summed E-state index contributed by atoms with van der Waals surface area (Å²) in [5, 5.41) is 16.9. The quantitative estimate of drug-likeness (QED) is 0.214. The number of hydrogen-bond donors (Lipinski definition) is 4. The molecule has 3 heterocycles. The zero-order valence-electron chi connectivity index (χ0n) is 16.1. The first-order chi connectivity index (χ1) is 14.7. The maximum absolute atomic E-state index is 12.8. The van der Waals surface area contributed by atoms with Crippen LogP contribution in [0.5, 0.6) is 0 Å². The Balaban J connectivity index is 1.78. The largest absolute Gasteiger partial charge is 0.477 e. The predicted molar refractivity (Wildman–Crippen MR) is 110 cm³/mol. The van der Waals surface area contributed by atoms with Gasteiger partial charge in [0.25, 0.3) is 11.8 Å². The van der Waals surface area contributed by atoms with Crippen LogP contribution in [0.25, 0.3) is 0 Å². The number of carbonyl (C=O) groups is 4. The van der Waals surface area contributed by atoms with Gasteiger partial charge in [-0.3, -0.25) is 14.5 Å². The Kier molecular flexibility index (Phi) is 6.65. The fourth-order valence-electron chi connectivity index (χ4n) is 2.89. The van der Waals surface area contributed by atoms with Crippen molar-refractivity contribution in [3.63, 3.8) is 0 Å². The summed E-state index contributed by atoms with van der Waals surface area (Å²) in [6.45, 7) is 1.53. The van der Waals surface area contributed by atoms with E-state index >= 15 is 0 Å². The van der Waals surface area contributed by atoms with Gasteiger partial charge in [-0.05, 0) is 6.92 Å². The van der Waals surface area contributed by atoms with Gasteiger partial charge in [0.05, 0.1) is 0 Å². The lowest BCUT2D eigenvalue weighted by atomic mass is 10.0. The van der Waals surface area contributed by atoms with Crippen molar-refractivity contribution in [2.24, 2.45) is 10.9 Å². The Labute approximate surface area is 183 Å². The molecule has 1 fully saturated rings. The van der Waals surface area contributed by atoms with Gasteiger partial charge in [0.2, 0.25) is 0 Å². The topological polar surface area (TPSA) is 200 Å². The van der Waals surface area contributed by atoms with Crippen LogP contribution in [-0.2, 0) is 24.0 Å². The summed E-state index contributed by atoms with van der Waals surface area (Å²) in [5.74, 6) is -2.55. The molecule has 0 aromatic carbocycles. The molecule has 1 aromatic heterocycles. The molecule has 3 amide bonds. The number of fused-ring (bicyclic) bond motifs is 1. The number of amides is 3. The fraction of sp³-hybridized carbons (Fsp3) is 0.375. The summed E-state index contributed by atoms with van der Waals surface area (Å²) in [4.78, 5) is 58.0. The number of β-lactam (4-membered cyclic amide) rings is 1. The van der Waals surface area contributed by atoms with Crippen molar-refractivity contribution in [2.45, 2.75) is 18.3 Å². The summed E-state index contributed by atoms with van der Waals surface area (Å²) < 4.78 is 4.67. The highest BCUT2D eigenvalue weighted by Gasteiger charge is 2.54. The molecule has 166 valence electrons. The molecule has 0 radical (unpaired) electrons. The van der Waals surface area contributed by atoms with Crippen LogP contribution in [0.4, 0.5) is 9.93 Å². The van der Waals surface area contributed by atoms with Crippen molar-refractivity contribution < 1.29 is 33.9 Å². The van der Waals surface area contributed by atoms with Crippen molar-refractivity contribution in [1.82, 2.24) is 15.2 Å². The Morgan fingerprint density at radius 3 is 2.77 bits per heavy atom. The number of primary amides is 1. The number of nitrogens with one attached hydrogen (secondary N) is 1. The number of rotatable bonds is 8. The van der Waals surface area contributed by atoms with E-state index in [0.29, 0.717) is 0 Å². The van der Waals surface area contributed by atoms with Crippen LogP contribution in [-0.4, -0.2) is 75.0 Å². The van der Waals surface area contributed by atoms with Gasteiger partial charge in [-0.25, -0.2) is 14.6 Å². The molecular weight excluding hydrogens is 452 g/mol. The number of thioether (sulfide) groups is 1. The molecular formula is C16H18N6O7S2. The number of aromatic nitrogens is 1. The summed E-state index contributed by atoms with van der Waals surface area (Å²) in [5.41, 5.74) is 10.5. The summed E-state index contributed by atoms with van der Waals surface area (Å²) >= 11 is 2.32. The highest BCUT2D eigenvalue weighted by molar-refractivity contribution is 8.00. The van der Waals surface area contributed by atoms with Crippen LogP contribution < -0.4 is 16.8 Å². The minimum Gasteiger partial charge on any atom is -0.477 e. The van der Waals surface area contributed by atoms with Crippen molar-refractivity contribution in [1.29, 1.82) is 0 Å². The molecule has 13 nitrogen and oxygen atoms in total. The van der Waals surface area contributed by atoms with Gasteiger partial charge in [-0.1, -0.05) is 5.16 Å². The zero-order valence-corrected chi connectivity index (χ0v) is 17.7. The molecule has 2 atom stereocenters. The van der Waals surface area contributed by atoms with Crippen LogP contribution in [0.1, 0.15) is 12.6 Å². The maximum Gasteiger partial charge on any atom is 0.404 e. The number of carboxylic acid groups (broad SMARTS) is 1. The third-order valence-electron chi connectivity index (χ3n) is 4.19. The first-order valence-corrected chi connectivity index (χ1v) is 10.7. The average molecular weight is 470 g/mol. The van der Waals surface area contributed by atoms with E-state index < -0.39 is 35.3 Å². The monoisotopic (exact) mass is 470 g/mol. The number of nitrogens with two attached hydrogens (primary N) is 2. The Hall–Kier alpha value is -3.33. The molecule has 3 rings (SSSR count). The van der Waals surface area contributed by atoms with Gasteiger partial charge in [0.15, 0.2) is 10.8 Å². The third-order valence-corrected chi connectivity index (χ3v) is 6.20. The molecule has 0 aliphatic carbocycles. The predicted octanol–water partition coefficient (Wildman–Crippen LogP) is -0.700. The van der Waals surface area contributed by atoms with Crippen molar-refractivity contribution >= 4 is 57.8 Å². The van der Waals surface area contributed by atoms with E-state index in [2.05, 4.69) is 20.2 Å². The lowest BCUT2D eigenvalue weighted by Gasteiger charge is -2.49. The number of hydrogen-bond acceptors (Lipinski definition) is 11. The number of anilines is 1. The van der Waals surface area contributed by atoms with Gasteiger partial charge in [0.1, 0.15) is 36.0 Å². The van der Waals surface area contributed by atoms with Crippen molar-refractivity contribution in [3.05, 3.63) is 22.3 Å². The van der Waals surface area contributed by atoms with E-state index in [1.807, 2.05) is 0 Å². The summed E-state index contributed by atoms with van der Waals surface area (Å²) in [6.07, 6.45) is -1.06. The third kappa shape index (κ3) is 4.56. The van der Waals surface area contributed by atoms with Crippen molar-refractivity contribution in [3.8, 4) is 0 Å². The lowest BCUT2D eigenvalue weighted by Crippen LogP contribution is -2.71. The maximum atomic E-state index is 12.8. The molecule has 0 saturated carbocycles. The standard InChI is InChI=1S/C16H18N6O7S2/c1-2-29-21-8(7-5-31-15(17)19-7)11(23)20-9-12(24)22-10(14(25)26)6(3-28-16(18)27)4-30-13(9)22/h5,9,13H,2-4H2,1H3,(H2,17,19)(H2,18,27)(H,20,23)(H,25,26)/b21-8+. The van der Waals surface area contributed by atoms with Gasteiger partial charge >= 0.3 is 12.1 Å². The number of aliphatic carboxylic acids is 1. The van der Waals surface area contributed by atoms with E-state index in [4.69, 9.17) is 16.3 Å². The summed E-state index contributed by atoms with van der Waals surface area (Å²) in [7, 11) is 0. The number of nitrogen functional groups attached to an aromatic ring is 1. The number of oxime groups is 1. The molecule has 15 heteroatoms. The smallest absolute Gasteiger partial charge is 0.404 e. The molecule has 2 aliphatic heterocycles. The number of carbonyl (C=O) groups excluding carboxylic acids is 3. The van der Waals surface area contributed by atoms with Crippen LogP contribution in [0, 0.1) is 0 Å². The van der Waals surface area contributed by atoms with Crippen LogP contribution in [0.2, 0.25) is 0 Å². The Morgan fingerprint density at radius 1 is 1.45 bits per heavy atom. The second-order valence-corrected chi connectivity index (χ2v) is 8.15. The van der Waals surface area contributed by atoms with Crippen LogP contribution in [0.3, 0.4) is 0 Å². The highest BCUT2D eigenvalue weighted by atomic mass is 32.2. The fourth-order valence-corrected chi connectivity index (χ4v) is 4.77. The second-order valence-electron chi connectivity index (χ2n) is 6.15. The van der Waals surface area contributed by atoms with Gasteiger partial charge in [0, 0.05) is 16.7 Å². The van der Waals surface area contributed by atoms with E-state index in [9.17, 15) is 24.3 Å². The highest BCUT2D eigenvalue weighted by Crippen LogP contribution is 2.40. The molecule has 31 heavy (non-hydrogen) atoms. The number of ether oxygens (including phenoxy) is 1. The average Bonchev–Trinajstić information content (AvgIpc) is 3.15. The van der Waals surface area contributed by atoms with Gasteiger partial charge in [-0.15, -0.1) is 23.1 Å².